The second-order valence-corrected chi connectivity index (χ2v) is 4.14. The lowest BCUT2D eigenvalue weighted by molar-refractivity contribution is -0.108. The van der Waals surface area contributed by atoms with Gasteiger partial charge >= 0.3 is 0 Å². The lowest BCUT2D eigenvalue weighted by Gasteiger charge is -2.32. The van der Waals surface area contributed by atoms with Gasteiger partial charge < -0.3 is 9.47 Å². The molecule has 2 heterocycles. The number of rotatable bonds is 2. The Morgan fingerprint density at radius 3 is 2.71 bits per heavy atom. The van der Waals surface area contributed by atoms with Crippen molar-refractivity contribution in [3.8, 4) is 6.07 Å². The Bertz CT molecular complexity index is 218. The van der Waals surface area contributed by atoms with Crippen molar-refractivity contribution in [1.82, 2.24) is 0 Å². The van der Waals surface area contributed by atoms with Crippen molar-refractivity contribution < 1.29 is 9.47 Å². The molecule has 0 radical (unpaired) electrons. The van der Waals surface area contributed by atoms with Crippen molar-refractivity contribution in [2.45, 2.75) is 56.8 Å². The molecule has 2 aliphatic rings. The normalized spacial score (nSPS) is 38.1. The molecule has 78 valence electrons. The molecule has 0 N–H and O–H groups in total. The molecule has 0 aromatic rings. The van der Waals surface area contributed by atoms with Crippen LogP contribution in [0.2, 0.25) is 0 Å². The molecule has 0 aromatic carbocycles. The van der Waals surface area contributed by atoms with Crippen LogP contribution in [0.4, 0.5) is 0 Å². The SMILES string of the molecule is N#CCC1CCCC(C2CCCO2)O1. The number of ether oxygens (including phenoxy) is 2. The molecule has 3 unspecified atom stereocenters. The van der Waals surface area contributed by atoms with Gasteiger partial charge in [-0.25, -0.2) is 0 Å². The van der Waals surface area contributed by atoms with Crippen LogP contribution < -0.4 is 0 Å². The molecule has 0 aliphatic carbocycles. The summed E-state index contributed by atoms with van der Waals surface area (Å²) in [5.41, 5.74) is 0. The van der Waals surface area contributed by atoms with Crippen LogP contribution in [-0.4, -0.2) is 24.9 Å². The first-order valence-electron chi connectivity index (χ1n) is 5.54. The fourth-order valence-corrected chi connectivity index (χ4v) is 2.35. The van der Waals surface area contributed by atoms with Gasteiger partial charge in [0, 0.05) is 6.61 Å². The van der Waals surface area contributed by atoms with E-state index in [-0.39, 0.29) is 12.2 Å². The summed E-state index contributed by atoms with van der Waals surface area (Å²) in [6, 6.07) is 2.18. The van der Waals surface area contributed by atoms with Crippen LogP contribution in [0.3, 0.4) is 0 Å². The molecule has 3 nitrogen and oxygen atoms in total. The Hall–Kier alpha value is -0.590. The van der Waals surface area contributed by atoms with Crippen LogP contribution in [0.5, 0.6) is 0 Å². The molecule has 3 heteroatoms. The maximum atomic E-state index is 8.61. The van der Waals surface area contributed by atoms with E-state index in [9.17, 15) is 0 Å². The van der Waals surface area contributed by atoms with E-state index in [2.05, 4.69) is 6.07 Å². The van der Waals surface area contributed by atoms with Gasteiger partial charge in [-0.1, -0.05) is 0 Å². The van der Waals surface area contributed by atoms with E-state index < -0.39 is 0 Å². The van der Waals surface area contributed by atoms with Crippen LogP contribution >= 0.6 is 0 Å². The maximum Gasteiger partial charge on any atom is 0.0840 e. The van der Waals surface area contributed by atoms with Gasteiger partial charge in [0.1, 0.15) is 0 Å². The monoisotopic (exact) mass is 195 g/mol. The van der Waals surface area contributed by atoms with E-state index in [1.54, 1.807) is 0 Å². The third-order valence-corrected chi connectivity index (χ3v) is 3.08. The first-order chi connectivity index (χ1) is 6.90. The van der Waals surface area contributed by atoms with Gasteiger partial charge in [-0.2, -0.15) is 5.26 Å². The van der Waals surface area contributed by atoms with E-state index in [0.29, 0.717) is 12.5 Å². The van der Waals surface area contributed by atoms with Gasteiger partial charge in [-0.15, -0.1) is 0 Å². The highest BCUT2D eigenvalue weighted by atomic mass is 16.5. The number of hydrogen-bond acceptors (Lipinski definition) is 3. The molecule has 0 bridgehead atoms. The van der Waals surface area contributed by atoms with Crippen molar-refractivity contribution in [2.24, 2.45) is 0 Å². The van der Waals surface area contributed by atoms with E-state index in [4.69, 9.17) is 14.7 Å². The van der Waals surface area contributed by atoms with E-state index in [1.807, 2.05) is 0 Å². The third kappa shape index (κ3) is 2.26. The van der Waals surface area contributed by atoms with E-state index in [0.717, 1.165) is 32.3 Å². The Morgan fingerprint density at radius 2 is 2.00 bits per heavy atom. The fraction of sp³-hybridized carbons (Fsp3) is 0.909. The third-order valence-electron chi connectivity index (χ3n) is 3.08. The highest BCUT2D eigenvalue weighted by molar-refractivity contribution is 4.84. The van der Waals surface area contributed by atoms with Crippen LogP contribution in [0.1, 0.15) is 38.5 Å². The highest BCUT2D eigenvalue weighted by Crippen LogP contribution is 2.28. The molecule has 14 heavy (non-hydrogen) atoms. The molecule has 0 amide bonds. The standard InChI is InChI=1S/C11H17NO2/c12-7-6-9-3-1-4-11(14-9)10-5-2-8-13-10/h9-11H,1-6,8H2. The lowest BCUT2D eigenvalue weighted by atomic mass is 9.98. The zero-order valence-corrected chi connectivity index (χ0v) is 8.45. The predicted molar refractivity (Wildman–Crippen MR) is 51.7 cm³/mol. The minimum Gasteiger partial charge on any atom is -0.376 e. The minimum atomic E-state index is 0.156. The Kier molecular flexibility index (Phi) is 3.39. The quantitative estimate of drug-likeness (QED) is 0.677. The average molecular weight is 195 g/mol. The molecule has 3 atom stereocenters. The first kappa shape index (κ1) is 9.95. The summed E-state index contributed by atoms with van der Waals surface area (Å²) in [4.78, 5) is 0. The largest absolute Gasteiger partial charge is 0.376 e. The van der Waals surface area contributed by atoms with E-state index in [1.165, 1.54) is 6.42 Å². The molecule has 2 fully saturated rings. The summed E-state index contributed by atoms with van der Waals surface area (Å²) in [6.45, 7) is 0.882. The maximum absolute atomic E-state index is 8.61. The van der Waals surface area contributed by atoms with Gasteiger partial charge in [0.05, 0.1) is 30.8 Å². The summed E-state index contributed by atoms with van der Waals surface area (Å²) in [7, 11) is 0. The van der Waals surface area contributed by atoms with E-state index >= 15 is 0 Å². The smallest absolute Gasteiger partial charge is 0.0840 e. The number of nitrogens with zero attached hydrogens (tertiary/aromatic N) is 1. The van der Waals surface area contributed by atoms with Crippen LogP contribution in [0.15, 0.2) is 0 Å². The summed E-state index contributed by atoms with van der Waals surface area (Å²) in [5.74, 6) is 0. The molecule has 0 spiro atoms. The lowest BCUT2D eigenvalue weighted by Crippen LogP contribution is -2.36. The molecular formula is C11H17NO2. The van der Waals surface area contributed by atoms with Crippen molar-refractivity contribution in [3.63, 3.8) is 0 Å². The van der Waals surface area contributed by atoms with Crippen LogP contribution in [0, 0.1) is 11.3 Å². The predicted octanol–water partition coefficient (Wildman–Crippen LogP) is 2.02. The Balaban J connectivity index is 1.84. The van der Waals surface area contributed by atoms with Gasteiger partial charge in [0.25, 0.3) is 0 Å². The van der Waals surface area contributed by atoms with Crippen molar-refractivity contribution in [1.29, 1.82) is 5.26 Å². The zero-order chi connectivity index (χ0) is 9.80. The number of hydrogen-bond donors (Lipinski definition) is 0. The average Bonchev–Trinajstić information content (AvgIpc) is 2.71. The molecule has 0 aromatic heterocycles. The topological polar surface area (TPSA) is 42.2 Å². The summed E-state index contributed by atoms with van der Waals surface area (Å²) < 4.78 is 11.5. The number of nitriles is 1. The molecule has 2 saturated heterocycles. The van der Waals surface area contributed by atoms with Crippen molar-refractivity contribution in [3.05, 3.63) is 0 Å². The summed E-state index contributed by atoms with van der Waals surface area (Å²) in [5, 5.41) is 8.61. The van der Waals surface area contributed by atoms with Crippen molar-refractivity contribution in [2.75, 3.05) is 6.61 Å². The van der Waals surface area contributed by atoms with Crippen LogP contribution in [0.25, 0.3) is 0 Å². The van der Waals surface area contributed by atoms with Gasteiger partial charge in [0.15, 0.2) is 0 Å². The van der Waals surface area contributed by atoms with Gasteiger partial charge in [0.2, 0.25) is 0 Å². The second-order valence-electron chi connectivity index (χ2n) is 4.14. The Morgan fingerprint density at radius 1 is 1.14 bits per heavy atom. The van der Waals surface area contributed by atoms with Gasteiger partial charge in [-0.3, -0.25) is 0 Å². The molecule has 2 aliphatic heterocycles. The Labute approximate surface area is 85.0 Å². The second kappa shape index (κ2) is 4.77. The summed E-state index contributed by atoms with van der Waals surface area (Å²) in [6.07, 6.45) is 6.85. The molecule has 2 rings (SSSR count). The highest BCUT2D eigenvalue weighted by Gasteiger charge is 2.31. The van der Waals surface area contributed by atoms with Crippen LogP contribution in [-0.2, 0) is 9.47 Å². The zero-order valence-electron chi connectivity index (χ0n) is 8.45. The fourth-order valence-electron chi connectivity index (χ4n) is 2.35. The van der Waals surface area contributed by atoms with Crippen molar-refractivity contribution >= 4 is 0 Å². The minimum absolute atomic E-state index is 0.156. The van der Waals surface area contributed by atoms with Gasteiger partial charge in [-0.05, 0) is 32.1 Å². The molecular weight excluding hydrogens is 178 g/mol. The molecule has 0 saturated carbocycles. The summed E-state index contributed by atoms with van der Waals surface area (Å²) >= 11 is 0. The first-order valence-corrected chi connectivity index (χ1v) is 5.54.